The number of hydrogen-bond donors (Lipinski definition) is 2. The van der Waals surface area contributed by atoms with Gasteiger partial charge >= 0.3 is 5.92 Å². The summed E-state index contributed by atoms with van der Waals surface area (Å²) >= 11 is 0. The number of amides is 1. The molecule has 1 saturated carbocycles. The van der Waals surface area contributed by atoms with Gasteiger partial charge in [0.05, 0.1) is 17.3 Å². The summed E-state index contributed by atoms with van der Waals surface area (Å²) in [7, 11) is 1.34. The fourth-order valence-electron chi connectivity index (χ4n) is 5.22. The highest BCUT2D eigenvalue weighted by molar-refractivity contribution is 5.96. The first-order chi connectivity index (χ1) is 12.7. The van der Waals surface area contributed by atoms with Crippen molar-refractivity contribution in [2.45, 2.75) is 44.1 Å². The second kappa shape index (κ2) is 5.61. The maximum atomic E-state index is 14.2. The fourth-order valence-corrected chi connectivity index (χ4v) is 5.22. The van der Waals surface area contributed by atoms with Crippen LogP contribution in [0, 0.1) is 5.41 Å². The number of aryl methyl sites for hydroxylation is 1. The zero-order valence-corrected chi connectivity index (χ0v) is 15.6. The molecular weight excluding hydrogens is 352 g/mol. The number of fused-ring (bicyclic) bond motifs is 5. The molecule has 1 aromatic carbocycles. The van der Waals surface area contributed by atoms with E-state index in [9.17, 15) is 13.6 Å². The van der Waals surface area contributed by atoms with Crippen molar-refractivity contribution in [2.24, 2.45) is 12.5 Å². The van der Waals surface area contributed by atoms with Crippen molar-refractivity contribution in [1.82, 2.24) is 15.1 Å². The first-order valence-corrected chi connectivity index (χ1v) is 9.09. The fraction of sp³-hybridized carbons (Fsp3) is 0.500. The number of aliphatic hydroxyl groups excluding tert-OH is 1. The standard InChI is InChI=1S/C20H23F2N3O2/c1-18(2)14-8-9-19(18,15-7-5-4-6-12(14)15)24-17(27)13-10-23-25(3)16(13)20(21,22)11-26/h4-7,10,14,26H,8-9,11H2,1-3H3,(H,24,27). The lowest BCUT2D eigenvalue weighted by Crippen LogP contribution is -2.51. The van der Waals surface area contributed by atoms with Gasteiger partial charge in [0.25, 0.3) is 5.91 Å². The molecule has 144 valence electrons. The van der Waals surface area contributed by atoms with Crippen molar-refractivity contribution in [1.29, 1.82) is 0 Å². The highest BCUT2D eigenvalue weighted by atomic mass is 19.3. The number of carbonyl (C=O) groups excluding carboxylic acids is 1. The molecule has 2 aromatic rings. The highest BCUT2D eigenvalue weighted by Crippen LogP contribution is 2.66. The van der Waals surface area contributed by atoms with Gasteiger partial charge < -0.3 is 10.4 Å². The third-order valence-electron chi connectivity index (χ3n) is 6.63. The van der Waals surface area contributed by atoms with Crippen LogP contribution in [0.3, 0.4) is 0 Å². The van der Waals surface area contributed by atoms with Gasteiger partial charge in [0.15, 0.2) is 0 Å². The zero-order valence-electron chi connectivity index (χ0n) is 15.6. The summed E-state index contributed by atoms with van der Waals surface area (Å²) in [6.45, 7) is 2.86. The molecular formula is C20H23F2N3O2. The minimum absolute atomic E-state index is 0.199. The second-order valence-electron chi connectivity index (χ2n) is 8.15. The molecule has 1 heterocycles. The summed E-state index contributed by atoms with van der Waals surface area (Å²) in [5, 5.41) is 16.0. The minimum Gasteiger partial charge on any atom is -0.390 e. The maximum Gasteiger partial charge on any atom is 0.312 e. The number of benzene rings is 1. The Kier molecular flexibility index (Phi) is 3.76. The lowest BCUT2D eigenvalue weighted by atomic mass is 9.74. The first kappa shape index (κ1) is 18.1. The summed E-state index contributed by atoms with van der Waals surface area (Å²) in [4.78, 5) is 13.1. The summed E-state index contributed by atoms with van der Waals surface area (Å²) in [6.07, 6.45) is 2.85. The average Bonchev–Trinajstić information content (AvgIpc) is 3.20. The summed E-state index contributed by atoms with van der Waals surface area (Å²) in [6, 6.07) is 8.04. The number of aliphatic hydroxyl groups is 1. The molecule has 27 heavy (non-hydrogen) atoms. The molecule has 4 rings (SSSR count). The van der Waals surface area contributed by atoms with Crippen LogP contribution in [0.2, 0.25) is 0 Å². The Labute approximate surface area is 156 Å². The number of carbonyl (C=O) groups is 1. The van der Waals surface area contributed by atoms with Crippen molar-refractivity contribution in [3.8, 4) is 0 Å². The van der Waals surface area contributed by atoms with Gasteiger partial charge in [-0.2, -0.15) is 13.9 Å². The van der Waals surface area contributed by atoms with Gasteiger partial charge in [-0.05, 0) is 35.3 Å². The molecule has 2 aliphatic rings. The smallest absolute Gasteiger partial charge is 0.312 e. The van der Waals surface area contributed by atoms with Crippen LogP contribution >= 0.6 is 0 Å². The Bertz CT molecular complexity index is 922. The Morgan fingerprint density at radius 3 is 2.81 bits per heavy atom. The molecule has 7 heteroatoms. The van der Waals surface area contributed by atoms with E-state index in [4.69, 9.17) is 5.11 Å². The lowest BCUT2D eigenvalue weighted by Gasteiger charge is -2.40. The molecule has 2 bridgehead atoms. The normalized spacial score (nSPS) is 25.5. The number of hydrogen-bond acceptors (Lipinski definition) is 3. The van der Waals surface area contributed by atoms with Gasteiger partial charge in [-0.1, -0.05) is 38.1 Å². The van der Waals surface area contributed by atoms with Gasteiger partial charge in [-0.25, -0.2) is 0 Å². The molecule has 1 amide bonds. The molecule has 0 aliphatic heterocycles. The Morgan fingerprint density at radius 1 is 1.41 bits per heavy atom. The van der Waals surface area contributed by atoms with E-state index >= 15 is 0 Å². The van der Waals surface area contributed by atoms with Crippen LogP contribution in [-0.2, 0) is 18.5 Å². The van der Waals surface area contributed by atoms with Crippen molar-refractivity contribution in [3.63, 3.8) is 0 Å². The van der Waals surface area contributed by atoms with Crippen LogP contribution in [0.25, 0.3) is 0 Å². The van der Waals surface area contributed by atoms with Gasteiger partial charge in [0.1, 0.15) is 12.3 Å². The number of rotatable bonds is 4. The average molecular weight is 375 g/mol. The van der Waals surface area contributed by atoms with Crippen LogP contribution in [-0.4, -0.2) is 27.4 Å². The van der Waals surface area contributed by atoms with E-state index in [1.165, 1.54) is 12.6 Å². The maximum absolute atomic E-state index is 14.2. The molecule has 0 spiro atoms. The first-order valence-electron chi connectivity index (χ1n) is 9.09. The van der Waals surface area contributed by atoms with E-state index < -0.39 is 29.7 Å². The summed E-state index contributed by atoms with van der Waals surface area (Å²) in [5.74, 6) is -3.81. The van der Waals surface area contributed by atoms with Crippen LogP contribution in [0.15, 0.2) is 30.5 Å². The third kappa shape index (κ3) is 2.24. The molecule has 0 saturated heterocycles. The van der Waals surface area contributed by atoms with E-state index in [0.717, 1.165) is 29.3 Å². The topological polar surface area (TPSA) is 67.2 Å². The molecule has 2 aliphatic carbocycles. The monoisotopic (exact) mass is 375 g/mol. The molecule has 1 fully saturated rings. The number of alkyl halides is 2. The Hall–Kier alpha value is -2.28. The van der Waals surface area contributed by atoms with Gasteiger partial charge in [0, 0.05) is 7.05 Å². The Morgan fingerprint density at radius 2 is 2.11 bits per heavy atom. The van der Waals surface area contributed by atoms with E-state index in [2.05, 4.69) is 30.3 Å². The number of halogens is 2. The van der Waals surface area contributed by atoms with Crippen molar-refractivity contribution in [3.05, 3.63) is 52.8 Å². The summed E-state index contributed by atoms with van der Waals surface area (Å²) < 4.78 is 29.4. The van der Waals surface area contributed by atoms with Crippen molar-refractivity contribution >= 4 is 5.91 Å². The highest BCUT2D eigenvalue weighted by Gasteiger charge is 2.62. The zero-order chi connectivity index (χ0) is 19.6. The summed E-state index contributed by atoms with van der Waals surface area (Å²) in [5.41, 5.74) is 0.688. The molecule has 2 N–H and O–H groups in total. The van der Waals surface area contributed by atoms with Gasteiger partial charge in [0.2, 0.25) is 0 Å². The van der Waals surface area contributed by atoms with Crippen LogP contribution in [0.5, 0.6) is 0 Å². The van der Waals surface area contributed by atoms with E-state index in [1.807, 2.05) is 18.2 Å². The lowest BCUT2D eigenvalue weighted by molar-refractivity contribution is -0.0625. The SMILES string of the molecule is Cn1ncc(C(=O)NC23CCC(c4ccccc42)C3(C)C)c1C(F)(F)CO. The van der Waals surface area contributed by atoms with Crippen LogP contribution in [0.4, 0.5) is 8.78 Å². The number of nitrogens with zero attached hydrogens (tertiary/aromatic N) is 2. The van der Waals surface area contributed by atoms with E-state index in [0.29, 0.717) is 5.92 Å². The predicted octanol–water partition coefficient (Wildman–Crippen LogP) is 3.05. The second-order valence-corrected chi connectivity index (χ2v) is 8.15. The minimum atomic E-state index is -3.54. The Balaban J connectivity index is 1.77. The van der Waals surface area contributed by atoms with Gasteiger partial charge in [-0.15, -0.1) is 0 Å². The van der Waals surface area contributed by atoms with Crippen molar-refractivity contribution < 1.29 is 18.7 Å². The van der Waals surface area contributed by atoms with E-state index in [1.54, 1.807) is 0 Å². The number of nitrogens with one attached hydrogen (secondary N) is 1. The molecule has 1 aromatic heterocycles. The molecule has 2 atom stereocenters. The molecule has 0 radical (unpaired) electrons. The third-order valence-corrected chi connectivity index (χ3v) is 6.63. The largest absolute Gasteiger partial charge is 0.390 e. The predicted molar refractivity (Wildman–Crippen MR) is 95.5 cm³/mol. The van der Waals surface area contributed by atoms with Crippen molar-refractivity contribution in [2.75, 3.05) is 6.61 Å². The molecule has 2 unspecified atom stereocenters. The van der Waals surface area contributed by atoms with Crippen LogP contribution < -0.4 is 5.32 Å². The quantitative estimate of drug-likeness (QED) is 0.863. The molecule has 5 nitrogen and oxygen atoms in total. The van der Waals surface area contributed by atoms with E-state index in [-0.39, 0.29) is 11.0 Å². The van der Waals surface area contributed by atoms with Crippen LogP contribution in [0.1, 0.15) is 59.8 Å². The van der Waals surface area contributed by atoms with Gasteiger partial charge in [-0.3, -0.25) is 9.48 Å². The number of aromatic nitrogens is 2.